The van der Waals surface area contributed by atoms with Crippen LogP contribution < -0.4 is 5.32 Å². The van der Waals surface area contributed by atoms with Crippen LogP contribution in [0.2, 0.25) is 0 Å². The molecule has 1 unspecified atom stereocenters. The second-order valence-electron chi connectivity index (χ2n) is 3.35. The summed E-state index contributed by atoms with van der Waals surface area (Å²) in [6.45, 7) is 0.880. The quantitative estimate of drug-likeness (QED) is 0.753. The van der Waals surface area contributed by atoms with E-state index in [1.54, 1.807) is 5.37 Å². The maximum Gasteiger partial charge on any atom is 0.128 e. The predicted molar refractivity (Wildman–Crippen MR) is 60.7 cm³/mol. The van der Waals surface area contributed by atoms with E-state index in [0.717, 1.165) is 6.54 Å². The molecule has 1 atom stereocenters. The van der Waals surface area contributed by atoms with Crippen molar-refractivity contribution in [1.82, 2.24) is 14.8 Å². The van der Waals surface area contributed by atoms with Gasteiger partial charge in [0.1, 0.15) is 6.17 Å². The van der Waals surface area contributed by atoms with Gasteiger partial charge in [-0.1, -0.05) is 12.2 Å². The van der Waals surface area contributed by atoms with Gasteiger partial charge in [0.25, 0.3) is 0 Å². The third kappa shape index (κ3) is 1.65. The molecule has 1 aliphatic rings. The molecule has 0 amide bonds. The summed E-state index contributed by atoms with van der Waals surface area (Å²) in [5.74, 6) is 0. The Morgan fingerprint density at radius 1 is 1.64 bits per heavy atom. The molecule has 0 spiro atoms. The number of nitrogens with zero attached hydrogens (tertiary/aromatic N) is 2. The summed E-state index contributed by atoms with van der Waals surface area (Å²) in [5, 5.41) is 4.90. The molecule has 0 radical (unpaired) electrons. The molecule has 2 heterocycles. The standard InChI is InChI=1S/C10H13N3S/c1-12-5-2-3-9(12)7-13-6-4-11-10(13)8-14/h2-6,8,10-11H,7H2,1H3. The van der Waals surface area contributed by atoms with Crippen LogP contribution in [0, 0.1) is 0 Å². The highest BCUT2D eigenvalue weighted by atomic mass is 32.1. The van der Waals surface area contributed by atoms with Crippen LogP contribution >= 0.6 is 12.2 Å². The smallest absolute Gasteiger partial charge is 0.128 e. The highest BCUT2D eigenvalue weighted by molar-refractivity contribution is 7.79. The van der Waals surface area contributed by atoms with Crippen molar-refractivity contribution >= 4 is 17.6 Å². The Kier molecular flexibility index (Phi) is 2.54. The van der Waals surface area contributed by atoms with E-state index in [2.05, 4.69) is 40.2 Å². The molecule has 3 nitrogen and oxygen atoms in total. The van der Waals surface area contributed by atoms with Crippen LogP contribution in [-0.2, 0) is 13.6 Å². The molecule has 1 aliphatic heterocycles. The van der Waals surface area contributed by atoms with Gasteiger partial charge in [-0.2, -0.15) is 0 Å². The summed E-state index contributed by atoms with van der Waals surface area (Å²) in [4.78, 5) is 2.17. The summed E-state index contributed by atoms with van der Waals surface area (Å²) in [7, 11) is 2.05. The van der Waals surface area contributed by atoms with Crippen LogP contribution in [0.15, 0.2) is 30.7 Å². The lowest BCUT2D eigenvalue weighted by atomic mass is 10.4. The number of hydrogen-bond donors (Lipinski definition) is 1. The van der Waals surface area contributed by atoms with Crippen LogP contribution in [0.3, 0.4) is 0 Å². The second-order valence-corrected chi connectivity index (χ2v) is 3.62. The van der Waals surface area contributed by atoms with Gasteiger partial charge in [0, 0.05) is 36.7 Å². The third-order valence-electron chi connectivity index (χ3n) is 2.42. The summed E-state index contributed by atoms with van der Waals surface area (Å²) in [5.41, 5.74) is 1.28. The zero-order valence-corrected chi connectivity index (χ0v) is 8.87. The first-order valence-corrected chi connectivity index (χ1v) is 5.02. The fraction of sp³-hybridized carbons (Fsp3) is 0.300. The summed E-state index contributed by atoms with van der Waals surface area (Å²) in [6, 6.07) is 4.17. The Labute approximate surface area is 89.0 Å². The van der Waals surface area contributed by atoms with Crippen molar-refractivity contribution in [1.29, 1.82) is 0 Å². The van der Waals surface area contributed by atoms with Gasteiger partial charge >= 0.3 is 0 Å². The van der Waals surface area contributed by atoms with Gasteiger partial charge in [0.2, 0.25) is 0 Å². The van der Waals surface area contributed by atoms with Crippen molar-refractivity contribution in [3.63, 3.8) is 0 Å². The lowest BCUT2D eigenvalue weighted by Crippen LogP contribution is -2.35. The van der Waals surface area contributed by atoms with E-state index in [9.17, 15) is 0 Å². The van der Waals surface area contributed by atoms with E-state index in [1.807, 2.05) is 12.4 Å². The van der Waals surface area contributed by atoms with Gasteiger partial charge in [-0.25, -0.2) is 0 Å². The molecule has 0 aliphatic carbocycles. The highest BCUT2D eigenvalue weighted by Crippen LogP contribution is 2.10. The number of nitrogens with one attached hydrogen (secondary N) is 1. The van der Waals surface area contributed by atoms with E-state index in [0.29, 0.717) is 0 Å². The van der Waals surface area contributed by atoms with Crippen molar-refractivity contribution in [3.8, 4) is 0 Å². The fourth-order valence-corrected chi connectivity index (χ4v) is 1.78. The first-order valence-electron chi connectivity index (χ1n) is 4.55. The van der Waals surface area contributed by atoms with Crippen LogP contribution in [0.5, 0.6) is 0 Å². The SMILES string of the molecule is Cn1cccc1CN1C=CNC1C=S. The molecular formula is C10H13N3S. The first kappa shape index (κ1) is 9.27. The molecule has 0 fully saturated rings. The van der Waals surface area contributed by atoms with Crippen LogP contribution in [0.25, 0.3) is 0 Å². The third-order valence-corrected chi connectivity index (χ3v) is 2.67. The van der Waals surface area contributed by atoms with Crippen LogP contribution in [-0.4, -0.2) is 21.0 Å². The molecule has 0 bridgehead atoms. The van der Waals surface area contributed by atoms with Crippen molar-refractivity contribution in [3.05, 3.63) is 36.4 Å². The van der Waals surface area contributed by atoms with Gasteiger partial charge in [0.05, 0.1) is 6.54 Å². The molecule has 1 N–H and O–H groups in total. The van der Waals surface area contributed by atoms with Crippen LogP contribution in [0.1, 0.15) is 5.69 Å². The monoisotopic (exact) mass is 207 g/mol. The zero-order chi connectivity index (χ0) is 9.97. The normalized spacial score (nSPS) is 19.8. The number of aryl methyl sites for hydroxylation is 1. The number of rotatable bonds is 3. The van der Waals surface area contributed by atoms with E-state index < -0.39 is 0 Å². The van der Waals surface area contributed by atoms with Crippen molar-refractivity contribution < 1.29 is 0 Å². The van der Waals surface area contributed by atoms with Gasteiger partial charge < -0.3 is 14.8 Å². The van der Waals surface area contributed by atoms with Gasteiger partial charge in [-0.15, -0.1) is 0 Å². The topological polar surface area (TPSA) is 20.2 Å². The van der Waals surface area contributed by atoms with E-state index >= 15 is 0 Å². The minimum absolute atomic E-state index is 0.153. The van der Waals surface area contributed by atoms with Crippen molar-refractivity contribution in [2.45, 2.75) is 12.7 Å². The van der Waals surface area contributed by atoms with E-state index in [-0.39, 0.29) is 6.17 Å². The van der Waals surface area contributed by atoms with Gasteiger partial charge in [-0.05, 0) is 12.1 Å². The molecule has 4 heteroatoms. The lowest BCUT2D eigenvalue weighted by molar-refractivity contribution is 0.334. The Bertz CT molecular complexity index is 356. The Hall–Kier alpha value is -1.29. The average Bonchev–Trinajstić information content (AvgIpc) is 2.77. The van der Waals surface area contributed by atoms with E-state index in [4.69, 9.17) is 12.2 Å². The van der Waals surface area contributed by atoms with Crippen LogP contribution in [0.4, 0.5) is 0 Å². The molecule has 2 rings (SSSR count). The fourth-order valence-electron chi connectivity index (χ4n) is 1.54. The number of thiocarbonyl (C=S) groups is 1. The largest absolute Gasteiger partial charge is 0.366 e. The Morgan fingerprint density at radius 2 is 2.50 bits per heavy atom. The summed E-state index contributed by atoms with van der Waals surface area (Å²) in [6.07, 6.45) is 6.16. The highest BCUT2D eigenvalue weighted by Gasteiger charge is 2.16. The Balaban J connectivity index is 2.07. The summed E-state index contributed by atoms with van der Waals surface area (Å²) < 4.78 is 2.12. The average molecular weight is 207 g/mol. The Morgan fingerprint density at radius 3 is 3.14 bits per heavy atom. The maximum absolute atomic E-state index is 4.94. The maximum atomic E-state index is 4.94. The number of aromatic nitrogens is 1. The molecule has 0 saturated heterocycles. The van der Waals surface area contributed by atoms with Gasteiger partial charge in [0.15, 0.2) is 0 Å². The predicted octanol–water partition coefficient (Wildman–Crippen LogP) is 1.23. The van der Waals surface area contributed by atoms with Crippen molar-refractivity contribution in [2.24, 2.45) is 7.05 Å². The summed E-state index contributed by atoms with van der Waals surface area (Å²) >= 11 is 4.94. The van der Waals surface area contributed by atoms with E-state index in [1.165, 1.54) is 5.69 Å². The first-order chi connectivity index (χ1) is 6.81. The van der Waals surface area contributed by atoms with Crippen molar-refractivity contribution in [2.75, 3.05) is 0 Å². The molecule has 74 valence electrons. The second kappa shape index (κ2) is 3.84. The zero-order valence-electron chi connectivity index (χ0n) is 8.05. The molecule has 1 aromatic rings. The minimum atomic E-state index is 0.153. The molecule has 0 saturated carbocycles. The van der Waals surface area contributed by atoms with Gasteiger partial charge in [-0.3, -0.25) is 0 Å². The molecule has 1 aromatic heterocycles. The minimum Gasteiger partial charge on any atom is -0.366 e. The molecule has 0 aromatic carbocycles. The lowest BCUT2D eigenvalue weighted by Gasteiger charge is -2.22. The number of hydrogen-bond acceptors (Lipinski definition) is 3. The molecule has 14 heavy (non-hydrogen) atoms. The molecular weight excluding hydrogens is 194 g/mol.